The molecule has 0 N–H and O–H groups in total. The zero-order valence-corrected chi connectivity index (χ0v) is 16.6. The van der Waals surface area contributed by atoms with Crippen LogP contribution in [0, 0.1) is 0 Å². The number of carbonyl (C=O) groups excluding carboxylic acids is 2. The van der Waals surface area contributed by atoms with E-state index in [9.17, 15) is 9.59 Å². The minimum atomic E-state index is -1.18. The first-order chi connectivity index (χ1) is 15.1. The van der Waals surface area contributed by atoms with Crippen LogP contribution in [0.15, 0.2) is 78.4 Å². The summed E-state index contributed by atoms with van der Waals surface area (Å²) in [5.41, 5.74) is 9.54. The van der Waals surface area contributed by atoms with E-state index in [4.69, 9.17) is 24.5 Å². The highest BCUT2D eigenvalue weighted by molar-refractivity contribution is 5.90. The van der Waals surface area contributed by atoms with Crippen LogP contribution in [-0.4, -0.2) is 49.7 Å². The van der Waals surface area contributed by atoms with Gasteiger partial charge in [0, 0.05) is 4.91 Å². The van der Waals surface area contributed by atoms with Gasteiger partial charge in [0.1, 0.15) is 6.04 Å². The smallest absolute Gasteiger partial charge is 0.338 e. The van der Waals surface area contributed by atoms with Crippen LogP contribution in [0.1, 0.15) is 20.7 Å². The highest BCUT2D eigenvalue weighted by atomic mass is 16.7. The number of benzene rings is 2. The minimum Gasteiger partial charge on any atom is -0.454 e. The molecule has 0 saturated carbocycles. The molecule has 160 valence electrons. The number of hydrogen-bond acceptors (Lipinski definition) is 7. The Labute approximate surface area is 178 Å². The lowest BCUT2D eigenvalue weighted by Crippen LogP contribution is -2.56. The maximum atomic E-state index is 12.7. The van der Waals surface area contributed by atoms with Gasteiger partial charge in [-0.25, -0.2) is 9.59 Å². The van der Waals surface area contributed by atoms with Gasteiger partial charge < -0.3 is 18.9 Å². The summed E-state index contributed by atoms with van der Waals surface area (Å²) in [7, 11) is 0. The van der Waals surface area contributed by atoms with Crippen molar-refractivity contribution in [2.45, 2.75) is 24.5 Å². The van der Waals surface area contributed by atoms with E-state index in [2.05, 4.69) is 16.6 Å². The summed E-state index contributed by atoms with van der Waals surface area (Å²) in [6.07, 6.45) is -1.85. The molecule has 1 aliphatic rings. The van der Waals surface area contributed by atoms with Gasteiger partial charge in [0.15, 0.2) is 18.5 Å². The molecular formula is C22H21N3O6. The van der Waals surface area contributed by atoms with Crippen LogP contribution < -0.4 is 0 Å². The van der Waals surface area contributed by atoms with Crippen LogP contribution in [-0.2, 0) is 18.9 Å². The Morgan fingerprint density at radius 2 is 1.58 bits per heavy atom. The maximum Gasteiger partial charge on any atom is 0.338 e. The van der Waals surface area contributed by atoms with E-state index in [0.29, 0.717) is 11.1 Å². The van der Waals surface area contributed by atoms with Crippen molar-refractivity contribution in [3.8, 4) is 0 Å². The molecular weight excluding hydrogens is 402 g/mol. The molecule has 0 bridgehead atoms. The van der Waals surface area contributed by atoms with Gasteiger partial charge >= 0.3 is 11.9 Å². The molecule has 1 heterocycles. The summed E-state index contributed by atoms with van der Waals surface area (Å²) in [5.74, 6) is -1.32. The second kappa shape index (κ2) is 10.9. The number of carbonyl (C=O) groups is 2. The third kappa shape index (κ3) is 5.70. The molecule has 0 radical (unpaired) electrons. The number of nitrogens with zero attached hydrogens (tertiary/aromatic N) is 3. The number of rotatable bonds is 8. The Morgan fingerprint density at radius 1 is 1.03 bits per heavy atom. The summed E-state index contributed by atoms with van der Waals surface area (Å²) in [6, 6.07) is 15.7. The summed E-state index contributed by atoms with van der Waals surface area (Å²) < 4.78 is 22.5. The van der Waals surface area contributed by atoms with Crippen LogP contribution in [0.25, 0.3) is 10.4 Å². The summed E-state index contributed by atoms with van der Waals surface area (Å²) in [6.45, 7) is 3.61. The van der Waals surface area contributed by atoms with Gasteiger partial charge in [-0.2, -0.15) is 0 Å². The molecule has 9 heteroatoms. The van der Waals surface area contributed by atoms with Crippen molar-refractivity contribution in [2.24, 2.45) is 5.11 Å². The van der Waals surface area contributed by atoms with E-state index < -0.39 is 36.5 Å². The normalized spacial score (nSPS) is 22.6. The molecule has 1 saturated heterocycles. The largest absolute Gasteiger partial charge is 0.454 e. The quantitative estimate of drug-likeness (QED) is 0.210. The van der Waals surface area contributed by atoms with Gasteiger partial charge in [-0.05, 0) is 29.8 Å². The van der Waals surface area contributed by atoms with E-state index in [1.165, 1.54) is 6.08 Å². The number of azide groups is 1. The molecule has 0 spiro atoms. The molecule has 4 atom stereocenters. The highest BCUT2D eigenvalue weighted by Crippen LogP contribution is 2.26. The minimum absolute atomic E-state index is 0.0853. The molecule has 1 aliphatic heterocycles. The zero-order valence-electron chi connectivity index (χ0n) is 16.6. The molecule has 2 aromatic rings. The van der Waals surface area contributed by atoms with E-state index in [-0.39, 0.29) is 13.2 Å². The predicted octanol–water partition coefficient (Wildman–Crippen LogP) is 3.68. The van der Waals surface area contributed by atoms with Crippen molar-refractivity contribution in [1.29, 1.82) is 0 Å². The third-order valence-electron chi connectivity index (χ3n) is 4.49. The third-order valence-corrected chi connectivity index (χ3v) is 4.49. The standard InChI is InChI=1S/C22H21N3O6/c1-2-13-28-22-19(31-21(27)16-11-7-4-8-12-16)18(17(14-29-22)24-25-23)30-20(26)15-9-5-3-6-10-15/h2-12,17-19,22H,1,13-14H2/t17?,18-,19+,22+/m1/s1. The molecule has 0 aromatic heterocycles. The van der Waals surface area contributed by atoms with Gasteiger partial charge in [-0.3, -0.25) is 0 Å². The summed E-state index contributed by atoms with van der Waals surface area (Å²) in [5, 5.41) is 3.67. The lowest BCUT2D eigenvalue weighted by Gasteiger charge is -2.39. The average molecular weight is 423 g/mol. The Hall–Kier alpha value is -3.65. The van der Waals surface area contributed by atoms with E-state index in [0.717, 1.165) is 0 Å². The predicted molar refractivity (Wildman–Crippen MR) is 110 cm³/mol. The SMILES string of the molecule is C=CCO[C@H]1OCC(N=[N+]=[N-])[C@@H](OC(=O)c2ccccc2)[C@@H]1OC(=O)c1ccccc1. The van der Waals surface area contributed by atoms with Crippen LogP contribution in [0.2, 0.25) is 0 Å². The molecule has 9 nitrogen and oxygen atoms in total. The number of ether oxygens (including phenoxy) is 4. The van der Waals surface area contributed by atoms with Gasteiger partial charge in [0.05, 0.1) is 24.3 Å². The second-order valence-electron chi connectivity index (χ2n) is 6.57. The summed E-state index contributed by atoms with van der Waals surface area (Å²) >= 11 is 0. The second-order valence-corrected chi connectivity index (χ2v) is 6.57. The zero-order chi connectivity index (χ0) is 22.1. The lowest BCUT2D eigenvalue weighted by atomic mass is 10.0. The topological polar surface area (TPSA) is 120 Å². The van der Waals surface area contributed by atoms with Crippen LogP contribution in [0.4, 0.5) is 0 Å². The number of hydrogen-bond donors (Lipinski definition) is 0. The fourth-order valence-electron chi connectivity index (χ4n) is 3.03. The van der Waals surface area contributed by atoms with Crippen LogP contribution >= 0.6 is 0 Å². The van der Waals surface area contributed by atoms with Crippen molar-refractivity contribution in [3.63, 3.8) is 0 Å². The van der Waals surface area contributed by atoms with Crippen molar-refractivity contribution in [3.05, 3.63) is 94.9 Å². The van der Waals surface area contributed by atoms with Crippen LogP contribution in [0.3, 0.4) is 0 Å². The monoisotopic (exact) mass is 423 g/mol. The Morgan fingerprint density at radius 3 is 2.10 bits per heavy atom. The lowest BCUT2D eigenvalue weighted by molar-refractivity contribution is -0.243. The van der Waals surface area contributed by atoms with Crippen molar-refractivity contribution < 1.29 is 28.5 Å². The van der Waals surface area contributed by atoms with Crippen molar-refractivity contribution >= 4 is 11.9 Å². The highest BCUT2D eigenvalue weighted by Gasteiger charge is 2.46. The van der Waals surface area contributed by atoms with Crippen LogP contribution in [0.5, 0.6) is 0 Å². The Bertz CT molecular complexity index is 946. The summed E-state index contributed by atoms with van der Waals surface area (Å²) in [4.78, 5) is 28.2. The fraction of sp³-hybridized carbons (Fsp3) is 0.273. The van der Waals surface area contributed by atoms with Crippen molar-refractivity contribution in [1.82, 2.24) is 0 Å². The first-order valence-electron chi connectivity index (χ1n) is 9.54. The molecule has 0 amide bonds. The van der Waals surface area contributed by atoms with E-state index >= 15 is 0 Å². The average Bonchev–Trinajstić information content (AvgIpc) is 2.81. The Kier molecular flexibility index (Phi) is 7.78. The maximum absolute atomic E-state index is 12.7. The molecule has 0 aliphatic carbocycles. The molecule has 1 unspecified atom stereocenters. The first-order valence-corrected chi connectivity index (χ1v) is 9.54. The van der Waals surface area contributed by atoms with E-state index in [1.54, 1.807) is 60.7 Å². The van der Waals surface area contributed by atoms with Gasteiger partial charge in [-0.15, -0.1) is 6.58 Å². The Balaban J connectivity index is 1.89. The van der Waals surface area contributed by atoms with Crippen molar-refractivity contribution in [2.75, 3.05) is 13.2 Å². The molecule has 3 rings (SSSR count). The molecule has 31 heavy (non-hydrogen) atoms. The fourth-order valence-corrected chi connectivity index (χ4v) is 3.03. The van der Waals surface area contributed by atoms with Gasteiger partial charge in [-0.1, -0.05) is 47.6 Å². The molecule has 1 fully saturated rings. The van der Waals surface area contributed by atoms with Gasteiger partial charge in [0.25, 0.3) is 0 Å². The molecule has 2 aromatic carbocycles. The van der Waals surface area contributed by atoms with Gasteiger partial charge in [0.2, 0.25) is 0 Å². The van der Waals surface area contributed by atoms with E-state index in [1.807, 2.05) is 0 Å². The first kappa shape index (κ1) is 22.0. The number of esters is 2.